The van der Waals surface area contributed by atoms with Gasteiger partial charge in [-0.25, -0.2) is 4.79 Å². The van der Waals surface area contributed by atoms with Gasteiger partial charge in [-0.3, -0.25) is 19.3 Å². The molecular formula is C24H19Cl2F3N2O5. The molecule has 36 heavy (non-hydrogen) atoms. The van der Waals surface area contributed by atoms with E-state index in [0.29, 0.717) is 0 Å². The first-order chi connectivity index (χ1) is 17.0. The first kappa shape index (κ1) is 26.0. The summed E-state index contributed by atoms with van der Waals surface area (Å²) in [5.41, 5.74) is -1.43. The highest BCUT2D eigenvalue weighted by atomic mass is 35.5. The van der Waals surface area contributed by atoms with Crippen LogP contribution in [0.2, 0.25) is 0 Å². The molecule has 0 spiro atoms. The van der Waals surface area contributed by atoms with Crippen LogP contribution in [-0.2, 0) is 25.3 Å². The number of rotatable bonds is 5. The number of hydrogen-bond acceptors (Lipinski definition) is 5. The fourth-order valence-corrected chi connectivity index (χ4v) is 4.95. The van der Waals surface area contributed by atoms with Crippen molar-refractivity contribution in [1.29, 1.82) is 0 Å². The van der Waals surface area contributed by atoms with Gasteiger partial charge in [0.1, 0.15) is 0 Å². The van der Waals surface area contributed by atoms with Crippen molar-refractivity contribution in [2.45, 2.75) is 29.8 Å². The number of para-hydroxylation sites is 1. The van der Waals surface area contributed by atoms with Crippen LogP contribution in [0, 0.1) is 11.8 Å². The zero-order valence-corrected chi connectivity index (χ0v) is 19.9. The van der Waals surface area contributed by atoms with Gasteiger partial charge in [-0.1, -0.05) is 18.2 Å². The predicted octanol–water partition coefficient (Wildman–Crippen LogP) is 4.62. The van der Waals surface area contributed by atoms with E-state index in [2.05, 4.69) is 5.32 Å². The molecule has 7 nitrogen and oxygen atoms in total. The molecule has 1 saturated heterocycles. The number of ether oxygens (including phenoxy) is 1. The van der Waals surface area contributed by atoms with E-state index in [1.807, 2.05) is 0 Å². The quantitative estimate of drug-likeness (QED) is 0.338. The number of esters is 1. The number of hydrogen-bond donors (Lipinski definition) is 1. The molecule has 12 heteroatoms. The number of alkyl halides is 5. The molecule has 1 aliphatic carbocycles. The highest BCUT2D eigenvalue weighted by Gasteiger charge is 2.52. The van der Waals surface area contributed by atoms with E-state index in [1.165, 1.54) is 36.4 Å². The van der Waals surface area contributed by atoms with Crippen LogP contribution in [0.3, 0.4) is 0 Å². The van der Waals surface area contributed by atoms with Crippen LogP contribution in [0.15, 0.2) is 48.5 Å². The highest BCUT2D eigenvalue weighted by Crippen LogP contribution is 2.43. The van der Waals surface area contributed by atoms with Crippen molar-refractivity contribution in [3.63, 3.8) is 0 Å². The Bertz CT molecular complexity index is 1190. The lowest BCUT2D eigenvalue weighted by Gasteiger charge is -2.28. The summed E-state index contributed by atoms with van der Waals surface area (Å²) in [6.07, 6.45) is -4.16. The number of nitrogens with one attached hydrogen (secondary N) is 1. The Kier molecular flexibility index (Phi) is 7.28. The molecule has 2 aromatic carbocycles. The Balaban J connectivity index is 1.42. The number of fused-ring (bicyclic) bond motifs is 1. The van der Waals surface area contributed by atoms with Gasteiger partial charge in [0.2, 0.25) is 11.8 Å². The molecule has 4 atom stereocenters. The molecule has 1 N–H and O–H groups in total. The van der Waals surface area contributed by atoms with Crippen molar-refractivity contribution >= 4 is 58.3 Å². The minimum atomic E-state index is -4.68. The Labute approximate surface area is 213 Å². The minimum Gasteiger partial charge on any atom is -0.452 e. The molecule has 1 heterocycles. The number of nitrogens with zero attached hydrogens (tertiary/aromatic N) is 1. The van der Waals surface area contributed by atoms with E-state index in [4.69, 9.17) is 27.9 Å². The van der Waals surface area contributed by atoms with Crippen molar-refractivity contribution in [1.82, 2.24) is 0 Å². The average molecular weight is 543 g/mol. The SMILES string of the molecule is O=C(COC(=O)c1cccc(N2C(=O)[C@H]3C[C@H](Cl)[C@@H](Cl)C[C@H]3C2=O)c1)Nc1ccccc1C(F)(F)F. The largest absolute Gasteiger partial charge is 0.452 e. The third-order valence-electron chi connectivity index (χ3n) is 6.09. The van der Waals surface area contributed by atoms with Gasteiger partial charge in [0.15, 0.2) is 6.61 Å². The van der Waals surface area contributed by atoms with E-state index in [9.17, 15) is 32.3 Å². The number of imide groups is 1. The second-order valence-corrected chi connectivity index (χ2v) is 9.57. The maximum Gasteiger partial charge on any atom is 0.418 e. The number of amides is 3. The number of carbonyl (C=O) groups excluding carboxylic acids is 4. The zero-order valence-electron chi connectivity index (χ0n) is 18.4. The van der Waals surface area contributed by atoms with E-state index >= 15 is 0 Å². The molecule has 4 rings (SSSR count). The molecule has 0 radical (unpaired) electrons. The van der Waals surface area contributed by atoms with Crippen LogP contribution in [-0.4, -0.2) is 41.1 Å². The second kappa shape index (κ2) is 10.1. The first-order valence-electron chi connectivity index (χ1n) is 10.9. The molecular weight excluding hydrogens is 524 g/mol. The van der Waals surface area contributed by atoms with Crippen LogP contribution in [0.1, 0.15) is 28.8 Å². The second-order valence-electron chi connectivity index (χ2n) is 8.45. The topological polar surface area (TPSA) is 92.8 Å². The number of halogens is 5. The molecule has 2 aliphatic rings. The fourth-order valence-electron chi connectivity index (χ4n) is 4.36. The Hall–Kier alpha value is -3.11. The summed E-state index contributed by atoms with van der Waals surface area (Å²) in [4.78, 5) is 51.4. The van der Waals surface area contributed by atoms with Crippen molar-refractivity contribution in [3.05, 3.63) is 59.7 Å². The highest BCUT2D eigenvalue weighted by molar-refractivity contribution is 6.31. The smallest absolute Gasteiger partial charge is 0.418 e. The van der Waals surface area contributed by atoms with Gasteiger partial charge in [-0.15, -0.1) is 23.2 Å². The van der Waals surface area contributed by atoms with Crippen LogP contribution in [0.25, 0.3) is 0 Å². The normalized spacial score (nSPS) is 23.9. The number of carbonyl (C=O) groups is 4. The third-order valence-corrected chi connectivity index (χ3v) is 7.19. The summed E-state index contributed by atoms with van der Waals surface area (Å²) in [7, 11) is 0. The monoisotopic (exact) mass is 542 g/mol. The standard InChI is InChI=1S/C24H19Cl2F3N2O5/c25-17-9-14-15(10-18(17)26)22(34)31(21(14)33)13-5-3-4-12(8-13)23(35)36-11-20(32)30-19-7-2-1-6-16(19)24(27,28)29/h1-8,14-15,17-18H,9-11H2,(H,30,32)/t14-,15+,17-,18-/m0/s1. The lowest BCUT2D eigenvalue weighted by Crippen LogP contribution is -2.34. The maximum atomic E-state index is 13.1. The van der Waals surface area contributed by atoms with Crippen molar-refractivity contribution in [2.24, 2.45) is 11.8 Å². The van der Waals surface area contributed by atoms with Gasteiger partial charge in [-0.2, -0.15) is 13.2 Å². The van der Waals surface area contributed by atoms with Gasteiger partial charge in [0.05, 0.1) is 45.1 Å². The van der Waals surface area contributed by atoms with Crippen LogP contribution < -0.4 is 10.2 Å². The van der Waals surface area contributed by atoms with E-state index in [1.54, 1.807) is 0 Å². The summed E-state index contributed by atoms with van der Waals surface area (Å²) < 4.78 is 44.2. The minimum absolute atomic E-state index is 0.0584. The average Bonchev–Trinajstić information content (AvgIpc) is 3.06. The lowest BCUT2D eigenvalue weighted by molar-refractivity contribution is -0.137. The van der Waals surface area contributed by atoms with Gasteiger partial charge in [0, 0.05) is 0 Å². The molecule has 2 aromatic rings. The Morgan fingerprint density at radius 3 is 2.19 bits per heavy atom. The zero-order chi connectivity index (χ0) is 26.2. The summed E-state index contributed by atoms with van der Waals surface area (Å²) in [6.45, 7) is -0.852. The molecule has 0 bridgehead atoms. The molecule has 2 fully saturated rings. The van der Waals surface area contributed by atoms with Gasteiger partial charge >= 0.3 is 12.1 Å². The number of anilines is 2. The molecule has 190 valence electrons. The van der Waals surface area contributed by atoms with Gasteiger partial charge in [-0.05, 0) is 43.2 Å². The van der Waals surface area contributed by atoms with Crippen molar-refractivity contribution in [2.75, 3.05) is 16.8 Å². The number of benzene rings is 2. The van der Waals surface area contributed by atoms with Gasteiger partial charge in [0.25, 0.3) is 5.91 Å². The van der Waals surface area contributed by atoms with Gasteiger partial charge < -0.3 is 10.1 Å². The predicted molar refractivity (Wildman–Crippen MR) is 125 cm³/mol. The lowest BCUT2D eigenvalue weighted by atomic mass is 9.80. The fraction of sp³-hybridized carbons (Fsp3) is 0.333. The summed E-state index contributed by atoms with van der Waals surface area (Å²) in [6, 6.07) is 9.91. The first-order valence-corrected chi connectivity index (χ1v) is 11.7. The molecule has 1 aliphatic heterocycles. The molecule has 0 aromatic heterocycles. The Morgan fingerprint density at radius 2 is 1.58 bits per heavy atom. The van der Waals surface area contributed by atoms with Crippen LogP contribution in [0.4, 0.5) is 24.5 Å². The summed E-state index contributed by atoms with van der Waals surface area (Å²) in [5.74, 6) is -4.02. The summed E-state index contributed by atoms with van der Waals surface area (Å²) >= 11 is 12.4. The summed E-state index contributed by atoms with van der Waals surface area (Å²) in [5, 5.41) is 1.18. The maximum absolute atomic E-state index is 13.1. The molecule has 1 saturated carbocycles. The van der Waals surface area contributed by atoms with Crippen LogP contribution >= 0.6 is 23.2 Å². The van der Waals surface area contributed by atoms with Crippen LogP contribution in [0.5, 0.6) is 0 Å². The van der Waals surface area contributed by atoms with Crippen molar-refractivity contribution < 1.29 is 37.1 Å². The third kappa shape index (κ3) is 5.19. The Morgan fingerprint density at radius 1 is 0.972 bits per heavy atom. The molecule has 3 amide bonds. The molecule has 0 unspecified atom stereocenters. The van der Waals surface area contributed by atoms with Crippen molar-refractivity contribution in [3.8, 4) is 0 Å². The van der Waals surface area contributed by atoms with E-state index in [0.717, 1.165) is 17.0 Å². The van der Waals surface area contributed by atoms with E-state index < -0.39 is 70.3 Å². The van der Waals surface area contributed by atoms with E-state index in [-0.39, 0.29) is 24.1 Å².